The molecule has 0 fully saturated rings. The number of benzene rings is 1. The summed E-state index contributed by atoms with van der Waals surface area (Å²) in [7, 11) is 1.89. The second-order valence-corrected chi connectivity index (χ2v) is 4.34. The molecule has 1 heterocycles. The quantitative estimate of drug-likeness (QED) is 0.683. The molecule has 0 radical (unpaired) electrons. The number of anilines is 2. The number of hydrogen-bond donors (Lipinski definition) is 3. The maximum absolute atomic E-state index is 11.2. The SMILES string of the molecule is CN(CC(O)CN)c1ccc2c(c1)CC(=O)N2. The fraction of sp³-hybridized carbons (Fsp3) is 0.417. The van der Waals surface area contributed by atoms with Crippen molar-refractivity contribution in [1.82, 2.24) is 0 Å². The molecule has 0 saturated heterocycles. The number of nitrogens with zero attached hydrogens (tertiary/aromatic N) is 1. The van der Waals surface area contributed by atoms with E-state index in [1.807, 2.05) is 30.1 Å². The average Bonchev–Trinajstić information content (AvgIpc) is 2.67. The number of aliphatic hydroxyl groups is 1. The molecule has 0 saturated carbocycles. The highest BCUT2D eigenvalue weighted by atomic mass is 16.3. The lowest BCUT2D eigenvalue weighted by Crippen LogP contribution is -2.34. The first-order chi connectivity index (χ1) is 8.10. The van der Waals surface area contributed by atoms with Crippen molar-refractivity contribution in [2.45, 2.75) is 12.5 Å². The van der Waals surface area contributed by atoms with Gasteiger partial charge in [0.15, 0.2) is 0 Å². The molecule has 1 unspecified atom stereocenters. The Morgan fingerprint density at radius 3 is 3.06 bits per heavy atom. The van der Waals surface area contributed by atoms with Crippen molar-refractivity contribution in [2.75, 3.05) is 30.4 Å². The van der Waals surface area contributed by atoms with Gasteiger partial charge < -0.3 is 21.1 Å². The monoisotopic (exact) mass is 235 g/mol. The van der Waals surface area contributed by atoms with Crippen LogP contribution in [0, 0.1) is 0 Å². The number of carbonyl (C=O) groups excluding carboxylic acids is 1. The molecule has 17 heavy (non-hydrogen) atoms. The highest BCUT2D eigenvalue weighted by Gasteiger charge is 2.18. The molecule has 1 aromatic rings. The number of amides is 1. The van der Waals surface area contributed by atoms with Gasteiger partial charge in [-0.15, -0.1) is 0 Å². The number of hydrogen-bond acceptors (Lipinski definition) is 4. The summed E-state index contributed by atoms with van der Waals surface area (Å²) in [5, 5.41) is 12.3. The van der Waals surface area contributed by atoms with E-state index in [2.05, 4.69) is 5.32 Å². The van der Waals surface area contributed by atoms with Gasteiger partial charge >= 0.3 is 0 Å². The van der Waals surface area contributed by atoms with Crippen molar-refractivity contribution in [3.63, 3.8) is 0 Å². The molecule has 0 aromatic heterocycles. The molecule has 92 valence electrons. The van der Waals surface area contributed by atoms with Gasteiger partial charge in [0.1, 0.15) is 0 Å². The predicted molar refractivity (Wildman–Crippen MR) is 67.1 cm³/mol. The molecule has 1 aliphatic rings. The number of rotatable bonds is 4. The van der Waals surface area contributed by atoms with Crippen molar-refractivity contribution >= 4 is 17.3 Å². The van der Waals surface area contributed by atoms with Crippen LogP contribution < -0.4 is 16.0 Å². The van der Waals surface area contributed by atoms with Crippen molar-refractivity contribution < 1.29 is 9.90 Å². The van der Waals surface area contributed by atoms with Gasteiger partial charge in [0.25, 0.3) is 0 Å². The molecule has 0 aliphatic carbocycles. The molecule has 5 heteroatoms. The summed E-state index contributed by atoms with van der Waals surface area (Å²) in [5.41, 5.74) is 8.24. The Balaban J connectivity index is 2.12. The van der Waals surface area contributed by atoms with E-state index in [0.717, 1.165) is 16.9 Å². The van der Waals surface area contributed by atoms with Gasteiger partial charge in [-0.05, 0) is 23.8 Å². The first kappa shape index (κ1) is 11.9. The van der Waals surface area contributed by atoms with E-state index in [1.54, 1.807) is 0 Å². The summed E-state index contributed by atoms with van der Waals surface area (Å²) in [4.78, 5) is 13.2. The topological polar surface area (TPSA) is 78.6 Å². The summed E-state index contributed by atoms with van der Waals surface area (Å²) < 4.78 is 0. The van der Waals surface area contributed by atoms with E-state index >= 15 is 0 Å². The van der Waals surface area contributed by atoms with Crippen molar-refractivity contribution in [3.05, 3.63) is 23.8 Å². The summed E-state index contributed by atoms with van der Waals surface area (Å²) >= 11 is 0. The number of aliphatic hydroxyl groups excluding tert-OH is 1. The van der Waals surface area contributed by atoms with E-state index in [4.69, 9.17) is 5.73 Å². The molecule has 5 nitrogen and oxygen atoms in total. The molecule has 0 spiro atoms. The van der Waals surface area contributed by atoms with Crippen LogP contribution in [0.15, 0.2) is 18.2 Å². The third-order valence-electron chi connectivity index (χ3n) is 2.91. The smallest absolute Gasteiger partial charge is 0.228 e. The zero-order valence-electron chi connectivity index (χ0n) is 9.81. The molecule has 2 rings (SSSR count). The van der Waals surface area contributed by atoms with E-state index in [9.17, 15) is 9.90 Å². The van der Waals surface area contributed by atoms with Crippen LogP contribution in [0.4, 0.5) is 11.4 Å². The number of nitrogens with two attached hydrogens (primary N) is 1. The molecule has 4 N–H and O–H groups in total. The van der Waals surface area contributed by atoms with Gasteiger partial charge in [0.05, 0.1) is 12.5 Å². The molecule has 1 amide bonds. The Hall–Kier alpha value is -1.59. The van der Waals surface area contributed by atoms with Gasteiger partial charge in [-0.25, -0.2) is 0 Å². The third-order valence-corrected chi connectivity index (χ3v) is 2.91. The maximum atomic E-state index is 11.2. The number of fused-ring (bicyclic) bond motifs is 1. The summed E-state index contributed by atoms with van der Waals surface area (Å²) in [6.45, 7) is 0.728. The van der Waals surface area contributed by atoms with Gasteiger partial charge in [-0.3, -0.25) is 4.79 Å². The number of likely N-dealkylation sites (N-methyl/N-ethyl adjacent to an activating group) is 1. The van der Waals surface area contributed by atoms with E-state index in [1.165, 1.54) is 0 Å². The van der Waals surface area contributed by atoms with Gasteiger partial charge in [-0.1, -0.05) is 0 Å². The van der Waals surface area contributed by atoms with Crippen molar-refractivity contribution in [2.24, 2.45) is 5.73 Å². The minimum absolute atomic E-state index is 0.0294. The van der Waals surface area contributed by atoms with E-state index in [-0.39, 0.29) is 12.5 Å². The molecule has 1 aromatic carbocycles. The highest BCUT2D eigenvalue weighted by molar-refractivity contribution is 5.99. The average molecular weight is 235 g/mol. The van der Waals surface area contributed by atoms with Crippen LogP contribution in [-0.2, 0) is 11.2 Å². The molecular weight excluding hydrogens is 218 g/mol. The minimum Gasteiger partial charge on any atom is -0.390 e. The van der Waals surface area contributed by atoms with E-state index < -0.39 is 6.10 Å². The lowest BCUT2D eigenvalue weighted by molar-refractivity contribution is -0.115. The molecule has 1 atom stereocenters. The predicted octanol–water partition coefficient (Wildman–Crippen LogP) is -0.0630. The lowest BCUT2D eigenvalue weighted by atomic mass is 10.1. The molecule has 0 bridgehead atoms. The first-order valence-corrected chi connectivity index (χ1v) is 5.62. The largest absolute Gasteiger partial charge is 0.390 e. The molecular formula is C12H17N3O2. The standard InChI is InChI=1S/C12H17N3O2/c1-15(7-10(16)6-13)9-2-3-11-8(4-9)5-12(17)14-11/h2-4,10,16H,5-7,13H2,1H3,(H,14,17). The second kappa shape index (κ2) is 4.73. The summed E-state index contributed by atoms with van der Waals surface area (Å²) in [6, 6.07) is 5.78. The zero-order valence-corrected chi connectivity index (χ0v) is 9.81. The van der Waals surface area contributed by atoms with Crippen molar-refractivity contribution in [1.29, 1.82) is 0 Å². The van der Waals surface area contributed by atoms with Gasteiger partial charge in [-0.2, -0.15) is 0 Å². The Bertz CT molecular complexity index is 434. The second-order valence-electron chi connectivity index (χ2n) is 4.34. The Kier molecular flexibility index (Phi) is 3.31. The maximum Gasteiger partial charge on any atom is 0.228 e. The Labute approximate surface area is 100 Å². The van der Waals surface area contributed by atoms with Crippen LogP contribution in [0.3, 0.4) is 0 Å². The summed E-state index contributed by atoms with van der Waals surface area (Å²) in [5.74, 6) is 0.0294. The lowest BCUT2D eigenvalue weighted by Gasteiger charge is -2.22. The van der Waals surface area contributed by atoms with Gasteiger partial charge in [0, 0.05) is 31.5 Å². The Morgan fingerprint density at radius 1 is 1.59 bits per heavy atom. The normalized spacial score (nSPS) is 15.4. The molecule has 1 aliphatic heterocycles. The Morgan fingerprint density at radius 2 is 2.35 bits per heavy atom. The van der Waals surface area contributed by atoms with Crippen LogP contribution in [0.2, 0.25) is 0 Å². The zero-order chi connectivity index (χ0) is 12.4. The fourth-order valence-electron chi connectivity index (χ4n) is 1.95. The number of carbonyl (C=O) groups is 1. The van der Waals surface area contributed by atoms with Crippen LogP contribution in [0.25, 0.3) is 0 Å². The van der Waals surface area contributed by atoms with Crippen LogP contribution in [-0.4, -0.2) is 37.3 Å². The number of nitrogens with one attached hydrogen (secondary N) is 1. The minimum atomic E-state index is -0.534. The third kappa shape index (κ3) is 2.57. The van der Waals surface area contributed by atoms with Gasteiger partial charge in [0.2, 0.25) is 5.91 Å². The van der Waals surface area contributed by atoms with Crippen LogP contribution in [0.5, 0.6) is 0 Å². The van der Waals surface area contributed by atoms with Crippen molar-refractivity contribution in [3.8, 4) is 0 Å². The fourth-order valence-corrected chi connectivity index (χ4v) is 1.95. The summed E-state index contributed by atoms with van der Waals surface area (Å²) in [6.07, 6.45) is -0.107. The van der Waals surface area contributed by atoms with Crippen LogP contribution >= 0.6 is 0 Å². The first-order valence-electron chi connectivity index (χ1n) is 5.62. The van der Waals surface area contributed by atoms with E-state index in [0.29, 0.717) is 13.0 Å². The highest BCUT2D eigenvalue weighted by Crippen LogP contribution is 2.27. The van der Waals surface area contributed by atoms with Crippen LogP contribution in [0.1, 0.15) is 5.56 Å².